The van der Waals surface area contributed by atoms with Crippen LogP contribution in [-0.4, -0.2) is 26.3 Å². The molecule has 0 radical (unpaired) electrons. The Morgan fingerprint density at radius 3 is 2.00 bits per heavy atom. The van der Waals surface area contributed by atoms with Gasteiger partial charge in [0.15, 0.2) is 0 Å². The molecular formula is C11H13ClF3NO. The van der Waals surface area contributed by atoms with Crippen molar-refractivity contribution in [2.45, 2.75) is 6.18 Å². The number of rotatable bonds is 1. The Labute approximate surface area is 104 Å². The molecule has 1 aliphatic heterocycles. The number of hydrogen-bond donors (Lipinski definition) is 0. The standard InChI is InChI=1S/C11H12F3NO.ClH/c12-11(13,14)9-1-3-10(4-2-9)15-5-7-16-8-6-15;/h1-4H,5-8H2;1H. The van der Waals surface area contributed by atoms with Crippen molar-refractivity contribution in [3.8, 4) is 0 Å². The summed E-state index contributed by atoms with van der Waals surface area (Å²) >= 11 is 0. The third kappa shape index (κ3) is 3.51. The Morgan fingerprint density at radius 2 is 1.53 bits per heavy atom. The van der Waals surface area contributed by atoms with Gasteiger partial charge in [-0.25, -0.2) is 0 Å². The van der Waals surface area contributed by atoms with Crippen molar-refractivity contribution in [2.24, 2.45) is 0 Å². The van der Waals surface area contributed by atoms with Crippen LogP contribution in [0.2, 0.25) is 0 Å². The zero-order valence-electron chi connectivity index (χ0n) is 9.04. The molecule has 0 bridgehead atoms. The molecule has 0 aromatic heterocycles. The highest BCUT2D eigenvalue weighted by Gasteiger charge is 2.30. The van der Waals surface area contributed by atoms with Gasteiger partial charge in [0.2, 0.25) is 0 Å². The molecule has 1 saturated heterocycles. The number of morpholine rings is 1. The number of alkyl halides is 3. The van der Waals surface area contributed by atoms with Crippen LogP contribution in [-0.2, 0) is 10.9 Å². The van der Waals surface area contributed by atoms with E-state index in [1.807, 2.05) is 4.90 Å². The zero-order chi connectivity index (χ0) is 11.6. The first kappa shape index (κ1) is 14.1. The molecule has 1 aliphatic rings. The third-order valence-corrected chi connectivity index (χ3v) is 2.57. The van der Waals surface area contributed by atoms with E-state index in [1.54, 1.807) is 0 Å². The van der Waals surface area contributed by atoms with E-state index in [0.717, 1.165) is 30.9 Å². The van der Waals surface area contributed by atoms with E-state index in [0.29, 0.717) is 13.2 Å². The second-order valence-corrected chi connectivity index (χ2v) is 3.64. The molecule has 0 unspecified atom stereocenters. The maximum Gasteiger partial charge on any atom is 0.416 e. The molecular weight excluding hydrogens is 255 g/mol. The van der Waals surface area contributed by atoms with Crippen molar-refractivity contribution in [2.75, 3.05) is 31.2 Å². The first-order chi connectivity index (χ1) is 7.57. The molecule has 1 aromatic rings. The van der Waals surface area contributed by atoms with Gasteiger partial charge in [0.1, 0.15) is 0 Å². The van der Waals surface area contributed by atoms with Gasteiger partial charge in [0, 0.05) is 18.8 Å². The maximum atomic E-state index is 12.3. The summed E-state index contributed by atoms with van der Waals surface area (Å²) in [5.74, 6) is 0. The van der Waals surface area contributed by atoms with Crippen molar-refractivity contribution < 1.29 is 17.9 Å². The largest absolute Gasteiger partial charge is 0.416 e. The molecule has 0 N–H and O–H groups in total. The van der Waals surface area contributed by atoms with Gasteiger partial charge in [0.05, 0.1) is 18.8 Å². The van der Waals surface area contributed by atoms with Crippen LogP contribution in [0.4, 0.5) is 18.9 Å². The maximum absolute atomic E-state index is 12.3. The van der Waals surface area contributed by atoms with Crippen molar-refractivity contribution in [3.05, 3.63) is 29.8 Å². The predicted octanol–water partition coefficient (Wildman–Crippen LogP) is 2.96. The summed E-state index contributed by atoms with van der Waals surface area (Å²) in [4.78, 5) is 2.02. The summed E-state index contributed by atoms with van der Waals surface area (Å²) in [7, 11) is 0. The minimum atomic E-state index is -4.26. The SMILES string of the molecule is Cl.FC(F)(F)c1ccc(N2CCOCC2)cc1. The molecule has 1 heterocycles. The molecule has 17 heavy (non-hydrogen) atoms. The molecule has 0 spiro atoms. The normalized spacial score (nSPS) is 16.5. The summed E-state index contributed by atoms with van der Waals surface area (Å²) in [6.45, 7) is 2.71. The third-order valence-electron chi connectivity index (χ3n) is 2.57. The average molecular weight is 268 g/mol. The smallest absolute Gasteiger partial charge is 0.378 e. The molecule has 0 atom stereocenters. The van der Waals surface area contributed by atoms with E-state index in [1.165, 1.54) is 12.1 Å². The first-order valence-corrected chi connectivity index (χ1v) is 5.07. The quantitative estimate of drug-likeness (QED) is 0.776. The van der Waals surface area contributed by atoms with E-state index in [2.05, 4.69) is 0 Å². The molecule has 1 aromatic carbocycles. The van der Waals surface area contributed by atoms with Crippen LogP contribution in [0.5, 0.6) is 0 Å². The minimum Gasteiger partial charge on any atom is -0.378 e. The molecule has 0 saturated carbocycles. The highest BCUT2D eigenvalue weighted by atomic mass is 35.5. The van der Waals surface area contributed by atoms with Crippen LogP contribution < -0.4 is 4.90 Å². The Bertz CT molecular complexity index is 347. The number of benzene rings is 1. The van der Waals surface area contributed by atoms with Crippen molar-refractivity contribution in [1.29, 1.82) is 0 Å². The fourth-order valence-electron chi connectivity index (χ4n) is 1.68. The summed E-state index contributed by atoms with van der Waals surface area (Å²) in [5, 5.41) is 0. The topological polar surface area (TPSA) is 12.5 Å². The lowest BCUT2D eigenvalue weighted by molar-refractivity contribution is -0.137. The first-order valence-electron chi connectivity index (χ1n) is 5.07. The highest BCUT2D eigenvalue weighted by molar-refractivity contribution is 5.85. The lowest BCUT2D eigenvalue weighted by Gasteiger charge is -2.29. The van der Waals surface area contributed by atoms with Crippen LogP contribution in [0.1, 0.15) is 5.56 Å². The molecule has 96 valence electrons. The summed E-state index contributed by atoms with van der Waals surface area (Å²) in [5.41, 5.74) is 0.209. The number of ether oxygens (including phenoxy) is 1. The Balaban J connectivity index is 0.00000144. The van der Waals surface area contributed by atoms with Gasteiger partial charge >= 0.3 is 6.18 Å². The number of nitrogens with zero attached hydrogens (tertiary/aromatic N) is 1. The molecule has 0 amide bonds. The number of hydrogen-bond acceptors (Lipinski definition) is 2. The predicted molar refractivity (Wildman–Crippen MR) is 61.7 cm³/mol. The zero-order valence-corrected chi connectivity index (χ0v) is 9.85. The van der Waals surface area contributed by atoms with Crippen molar-refractivity contribution in [1.82, 2.24) is 0 Å². The average Bonchev–Trinajstić information content (AvgIpc) is 2.29. The minimum absolute atomic E-state index is 0. The fourth-order valence-corrected chi connectivity index (χ4v) is 1.68. The van der Waals surface area contributed by atoms with E-state index >= 15 is 0 Å². The molecule has 2 rings (SSSR count). The molecule has 2 nitrogen and oxygen atoms in total. The van der Waals surface area contributed by atoms with Crippen LogP contribution >= 0.6 is 12.4 Å². The van der Waals surface area contributed by atoms with Gasteiger partial charge in [-0.1, -0.05) is 0 Å². The summed E-state index contributed by atoms with van der Waals surface area (Å²) in [6.07, 6.45) is -4.26. The monoisotopic (exact) mass is 267 g/mol. The molecule has 6 heteroatoms. The van der Waals surface area contributed by atoms with E-state index in [4.69, 9.17) is 4.74 Å². The van der Waals surface area contributed by atoms with Crippen LogP contribution in [0.25, 0.3) is 0 Å². The molecule has 0 aliphatic carbocycles. The van der Waals surface area contributed by atoms with Gasteiger partial charge < -0.3 is 9.64 Å². The van der Waals surface area contributed by atoms with Crippen molar-refractivity contribution in [3.63, 3.8) is 0 Å². The van der Waals surface area contributed by atoms with E-state index in [9.17, 15) is 13.2 Å². The van der Waals surface area contributed by atoms with Crippen LogP contribution in [0, 0.1) is 0 Å². The van der Waals surface area contributed by atoms with Gasteiger partial charge in [-0.3, -0.25) is 0 Å². The lowest BCUT2D eigenvalue weighted by Crippen LogP contribution is -2.36. The number of halogens is 4. The van der Waals surface area contributed by atoms with Gasteiger partial charge in [-0.15, -0.1) is 12.4 Å². The lowest BCUT2D eigenvalue weighted by atomic mass is 10.2. The number of anilines is 1. The fraction of sp³-hybridized carbons (Fsp3) is 0.455. The van der Waals surface area contributed by atoms with Gasteiger partial charge in [-0.2, -0.15) is 13.2 Å². The van der Waals surface area contributed by atoms with Gasteiger partial charge in [-0.05, 0) is 24.3 Å². The Kier molecular flexibility index (Phi) is 4.65. The Morgan fingerprint density at radius 1 is 1.00 bits per heavy atom. The highest BCUT2D eigenvalue weighted by Crippen LogP contribution is 2.30. The molecule has 1 fully saturated rings. The van der Waals surface area contributed by atoms with E-state index < -0.39 is 11.7 Å². The second kappa shape index (κ2) is 5.60. The Hall–Kier alpha value is -0.940. The second-order valence-electron chi connectivity index (χ2n) is 3.64. The van der Waals surface area contributed by atoms with Crippen molar-refractivity contribution >= 4 is 18.1 Å². The summed E-state index contributed by atoms with van der Waals surface area (Å²) < 4.78 is 42.2. The summed E-state index contributed by atoms with van der Waals surface area (Å²) in [6, 6.07) is 5.25. The van der Waals surface area contributed by atoms with E-state index in [-0.39, 0.29) is 12.4 Å². The van der Waals surface area contributed by atoms with Gasteiger partial charge in [0.25, 0.3) is 0 Å². The van der Waals surface area contributed by atoms with Crippen LogP contribution in [0.15, 0.2) is 24.3 Å². The van der Waals surface area contributed by atoms with Crippen LogP contribution in [0.3, 0.4) is 0 Å².